The van der Waals surface area contributed by atoms with Gasteiger partial charge in [0.05, 0.1) is 6.54 Å². The number of benzene rings is 2. The highest BCUT2D eigenvalue weighted by molar-refractivity contribution is 5.99. The zero-order valence-electron chi connectivity index (χ0n) is 16.4. The first kappa shape index (κ1) is 19.4. The van der Waals surface area contributed by atoms with Crippen LogP contribution in [0.2, 0.25) is 0 Å². The van der Waals surface area contributed by atoms with Crippen molar-refractivity contribution in [2.45, 2.75) is 20.8 Å². The monoisotopic (exact) mass is 377 g/mol. The molecule has 3 rings (SSSR count). The van der Waals surface area contributed by atoms with Gasteiger partial charge in [-0.2, -0.15) is 0 Å². The molecule has 2 amide bonds. The maximum Gasteiger partial charge on any atom is 0.276 e. The van der Waals surface area contributed by atoms with Crippen molar-refractivity contribution in [2.24, 2.45) is 0 Å². The third-order valence-corrected chi connectivity index (χ3v) is 4.63. The minimum absolute atomic E-state index is 0.0841. The van der Waals surface area contributed by atoms with E-state index in [2.05, 4.69) is 10.3 Å². The SMILES string of the molecule is Cc1cccc(NC(=O)CN(C)C(=O)c2nc(-c3ccccc3)oc2C)c1C. The Morgan fingerprint density at radius 2 is 1.75 bits per heavy atom. The molecule has 2 aromatic carbocycles. The van der Waals surface area contributed by atoms with E-state index in [1.165, 1.54) is 4.90 Å². The average molecular weight is 377 g/mol. The lowest BCUT2D eigenvalue weighted by Crippen LogP contribution is -2.35. The molecular weight excluding hydrogens is 354 g/mol. The van der Waals surface area contributed by atoms with Crippen molar-refractivity contribution < 1.29 is 14.0 Å². The topological polar surface area (TPSA) is 75.4 Å². The molecule has 6 nitrogen and oxygen atoms in total. The maximum absolute atomic E-state index is 12.7. The molecule has 144 valence electrons. The number of oxazole rings is 1. The number of hydrogen-bond acceptors (Lipinski definition) is 4. The second kappa shape index (κ2) is 8.08. The Morgan fingerprint density at radius 1 is 1.04 bits per heavy atom. The molecule has 0 unspecified atom stereocenters. The Bertz CT molecular complexity index is 1010. The molecule has 1 heterocycles. The first-order chi connectivity index (χ1) is 13.4. The van der Waals surface area contributed by atoms with Gasteiger partial charge < -0.3 is 14.6 Å². The Kier molecular flexibility index (Phi) is 5.59. The molecule has 0 fully saturated rings. The minimum atomic E-state index is -0.362. The first-order valence-corrected chi connectivity index (χ1v) is 9.01. The van der Waals surface area contributed by atoms with Crippen LogP contribution in [0.3, 0.4) is 0 Å². The van der Waals surface area contributed by atoms with Crippen LogP contribution in [0.5, 0.6) is 0 Å². The summed E-state index contributed by atoms with van der Waals surface area (Å²) in [7, 11) is 1.57. The summed E-state index contributed by atoms with van der Waals surface area (Å²) < 4.78 is 5.64. The molecule has 0 aliphatic carbocycles. The van der Waals surface area contributed by atoms with Crippen molar-refractivity contribution in [3.05, 3.63) is 71.1 Å². The Balaban J connectivity index is 1.70. The van der Waals surface area contributed by atoms with Crippen molar-refractivity contribution in [3.8, 4) is 11.5 Å². The van der Waals surface area contributed by atoms with Gasteiger partial charge in [0.25, 0.3) is 5.91 Å². The summed E-state index contributed by atoms with van der Waals surface area (Å²) in [5.41, 5.74) is 3.84. The molecule has 0 radical (unpaired) electrons. The van der Waals surface area contributed by atoms with Crippen molar-refractivity contribution in [2.75, 3.05) is 18.9 Å². The number of aromatic nitrogens is 1. The third-order valence-electron chi connectivity index (χ3n) is 4.63. The quantitative estimate of drug-likeness (QED) is 0.730. The summed E-state index contributed by atoms with van der Waals surface area (Å²) in [6.45, 7) is 5.54. The van der Waals surface area contributed by atoms with Crippen LogP contribution in [0, 0.1) is 20.8 Å². The van der Waals surface area contributed by atoms with Crippen molar-refractivity contribution in [1.82, 2.24) is 9.88 Å². The lowest BCUT2D eigenvalue weighted by atomic mass is 10.1. The Hall–Kier alpha value is -3.41. The van der Waals surface area contributed by atoms with E-state index in [1.807, 2.05) is 62.4 Å². The predicted octanol–water partition coefficient (Wildman–Crippen LogP) is 3.98. The summed E-state index contributed by atoms with van der Waals surface area (Å²) in [6.07, 6.45) is 0. The molecule has 6 heteroatoms. The average Bonchev–Trinajstić information content (AvgIpc) is 3.07. The number of aryl methyl sites for hydroxylation is 2. The van der Waals surface area contributed by atoms with Gasteiger partial charge in [-0.15, -0.1) is 0 Å². The molecule has 28 heavy (non-hydrogen) atoms. The van der Waals surface area contributed by atoms with E-state index >= 15 is 0 Å². The van der Waals surface area contributed by atoms with E-state index in [4.69, 9.17) is 4.42 Å². The van der Waals surface area contributed by atoms with Crippen LogP contribution in [-0.4, -0.2) is 35.3 Å². The van der Waals surface area contributed by atoms with Crippen LogP contribution in [0.25, 0.3) is 11.5 Å². The number of hydrogen-bond donors (Lipinski definition) is 1. The van der Waals surface area contributed by atoms with E-state index < -0.39 is 0 Å². The predicted molar refractivity (Wildman–Crippen MR) is 108 cm³/mol. The largest absolute Gasteiger partial charge is 0.441 e. The van der Waals surface area contributed by atoms with Crippen molar-refractivity contribution in [1.29, 1.82) is 0 Å². The molecule has 0 atom stereocenters. The number of nitrogens with one attached hydrogen (secondary N) is 1. The fourth-order valence-corrected chi connectivity index (χ4v) is 2.84. The highest BCUT2D eigenvalue weighted by atomic mass is 16.4. The van der Waals surface area contributed by atoms with Gasteiger partial charge in [0.15, 0.2) is 5.69 Å². The second-order valence-electron chi connectivity index (χ2n) is 6.75. The second-order valence-corrected chi connectivity index (χ2v) is 6.75. The zero-order valence-corrected chi connectivity index (χ0v) is 16.4. The van der Waals surface area contributed by atoms with E-state index in [9.17, 15) is 9.59 Å². The van der Waals surface area contributed by atoms with Crippen LogP contribution in [0.4, 0.5) is 5.69 Å². The number of amides is 2. The van der Waals surface area contributed by atoms with Gasteiger partial charge in [-0.25, -0.2) is 4.98 Å². The fourth-order valence-electron chi connectivity index (χ4n) is 2.84. The van der Waals surface area contributed by atoms with Crippen molar-refractivity contribution in [3.63, 3.8) is 0 Å². The van der Waals surface area contributed by atoms with Gasteiger partial charge in [-0.3, -0.25) is 9.59 Å². The summed E-state index contributed by atoms with van der Waals surface area (Å²) in [4.78, 5) is 30.8. The third kappa shape index (κ3) is 4.11. The van der Waals surface area contributed by atoms with Gasteiger partial charge in [0.2, 0.25) is 11.8 Å². The van der Waals surface area contributed by atoms with E-state index in [0.717, 1.165) is 22.4 Å². The van der Waals surface area contributed by atoms with Crippen molar-refractivity contribution >= 4 is 17.5 Å². The molecule has 0 saturated heterocycles. The molecule has 0 aliphatic heterocycles. The van der Waals surface area contributed by atoms with Crippen LogP contribution >= 0.6 is 0 Å². The number of rotatable bonds is 5. The van der Waals surface area contributed by atoms with Gasteiger partial charge in [0, 0.05) is 18.3 Å². The Morgan fingerprint density at radius 3 is 2.46 bits per heavy atom. The summed E-state index contributed by atoms with van der Waals surface area (Å²) in [5.74, 6) is 0.175. The van der Waals surface area contributed by atoms with Gasteiger partial charge in [-0.05, 0) is 50.1 Å². The Labute approximate surface area is 164 Å². The van der Waals surface area contributed by atoms with Crippen LogP contribution in [0.15, 0.2) is 52.9 Å². The normalized spacial score (nSPS) is 10.6. The number of carbonyl (C=O) groups is 2. The number of carbonyl (C=O) groups excluding carboxylic acids is 2. The standard InChI is InChI=1S/C22H23N3O3/c1-14-9-8-12-18(15(14)2)23-19(26)13-25(4)22(27)20-16(3)28-21(24-20)17-10-6-5-7-11-17/h5-12H,13H2,1-4H3,(H,23,26). The van der Waals surface area contributed by atoms with Crippen LogP contribution in [-0.2, 0) is 4.79 Å². The summed E-state index contributed by atoms with van der Waals surface area (Å²) in [5, 5.41) is 2.86. The molecule has 3 aromatic rings. The highest BCUT2D eigenvalue weighted by Gasteiger charge is 2.23. The van der Waals surface area contributed by atoms with Crippen LogP contribution < -0.4 is 5.32 Å². The maximum atomic E-state index is 12.7. The molecule has 0 bridgehead atoms. The highest BCUT2D eigenvalue weighted by Crippen LogP contribution is 2.22. The van der Waals surface area contributed by atoms with Gasteiger partial charge in [-0.1, -0.05) is 30.3 Å². The number of anilines is 1. The zero-order chi connectivity index (χ0) is 20.3. The van der Waals surface area contributed by atoms with E-state index in [1.54, 1.807) is 14.0 Å². The van der Waals surface area contributed by atoms with E-state index in [-0.39, 0.29) is 24.1 Å². The lowest BCUT2D eigenvalue weighted by molar-refractivity contribution is -0.116. The van der Waals surface area contributed by atoms with Crippen LogP contribution in [0.1, 0.15) is 27.4 Å². The molecule has 0 saturated carbocycles. The molecule has 0 aliphatic rings. The number of nitrogens with zero attached hydrogens (tertiary/aromatic N) is 2. The smallest absolute Gasteiger partial charge is 0.276 e. The molecule has 1 N–H and O–H groups in total. The minimum Gasteiger partial charge on any atom is -0.441 e. The molecule has 0 spiro atoms. The number of likely N-dealkylation sites (N-methyl/N-ethyl adjacent to an activating group) is 1. The fraction of sp³-hybridized carbons (Fsp3) is 0.227. The first-order valence-electron chi connectivity index (χ1n) is 9.01. The summed E-state index contributed by atoms with van der Waals surface area (Å²) >= 11 is 0. The van der Waals surface area contributed by atoms with E-state index in [0.29, 0.717) is 11.7 Å². The summed E-state index contributed by atoms with van der Waals surface area (Å²) in [6, 6.07) is 15.1. The van der Waals surface area contributed by atoms with Gasteiger partial charge in [0.1, 0.15) is 5.76 Å². The molecule has 1 aromatic heterocycles. The van der Waals surface area contributed by atoms with Gasteiger partial charge >= 0.3 is 0 Å². The molecular formula is C22H23N3O3. The lowest BCUT2D eigenvalue weighted by Gasteiger charge is -2.17.